The van der Waals surface area contributed by atoms with Crippen LogP contribution in [0.3, 0.4) is 0 Å². The van der Waals surface area contributed by atoms with Crippen molar-refractivity contribution < 1.29 is 9.53 Å². The van der Waals surface area contributed by atoms with Crippen molar-refractivity contribution in [2.45, 2.75) is 96.6 Å². The molecule has 2 aliphatic heterocycles. The maximum atomic E-state index is 12.5. The number of carbonyl (C=O) groups excluding carboxylic acids is 1. The number of piperidine rings is 1. The van der Waals surface area contributed by atoms with Crippen molar-refractivity contribution in [2.75, 3.05) is 0 Å². The second-order valence-electron chi connectivity index (χ2n) is 8.96. The zero-order chi connectivity index (χ0) is 16.1. The zero-order valence-electron chi connectivity index (χ0n) is 14.7. The van der Waals surface area contributed by atoms with Crippen molar-refractivity contribution in [3.63, 3.8) is 0 Å². The van der Waals surface area contributed by atoms with Gasteiger partial charge in [0.25, 0.3) is 5.91 Å². The van der Waals surface area contributed by atoms with Crippen LogP contribution in [0.25, 0.3) is 0 Å². The number of nitrogens with one attached hydrogen (secondary N) is 2. The highest BCUT2D eigenvalue weighted by Crippen LogP contribution is 2.44. The van der Waals surface area contributed by atoms with Gasteiger partial charge in [0, 0.05) is 23.9 Å². The largest absolute Gasteiger partial charge is 0.340 e. The van der Waals surface area contributed by atoms with Gasteiger partial charge in [-0.1, -0.05) is 13.8 Å². The molecular weight excluding hydrogens is 264 g/mol. The Balaban J connectivity index is 2.20. The number of carbonyl (C=O) groups is 1. The summed E-state index contributed by atoms with van der Waals surface area (Å²) in [6, 6.07) is 0. The second kappa shape index (κ2) is 4.95. The Morgan fingerprint density at radius 3 is 2.10 bits per heavy atom. The summed E-state index contributed by atoms with van der Waals surface area (Å²) in [5.74, 6) is 0.632. The molecule has 4 nitrogen and oxygen atoms in total. The standard InChI is InChI=1S/C17H32N2O2/c1-12(2)8-9-16(7)13(20)18-17(21-16)10-14(3,4)19-15(5,6)11-17/h12,19H,8-11H2,1-7H3,(H,18,20). The summed E-state index contributed by atoms with van der Waals surface area (Å²) in [6.07, 6.45) is 3.39. The minimum atomic E-state index is -0.687. The van der Waals surface area contributed by atoms with Crippen LogP contribution >= 0.6 is 0 Å². The second-order valence-corrected chi connectivity index (χ2v) is 8.96. The third-order valence-electron chi connectivity index (χ3n) is 4.57. The predicted molar refractivity (Wildman–Crippen MR) is 85.0 cm³/mol. The summed E-state index contributed by atoms with van der Waals surface area (Å²) in [4.78, 5) is 12.5. The van der Waals surface area contributed by atoms with Crippen molar-refractivity contribution >= 4 is 5.91 Å². The average molecular weight is 296 g/mol. The van der Waals surface area contributed by atoms with Gasteiger partial charge in [0.05, 0.1) is 0 Å². The Kier molecular flexibility index (Phi) is 3.95. The van der Waals surface area contributed by atoms with E-state index in [0.29, 0.717) is 5.92 Å². The highest BCUT2D eigenvalue weighted by Gasteiger charge is 2.58. The first kappa shape index (κ1) is 16.8. The summed E-state index contributed by atoms with van der Waals surface area (Å²) in [7, 11) is 0. The van der Waals surface area contributed by atoms with E-state index in [1.807, 2.05) is 6.92 Å². The maximum Gasteiger partial charge on any atom is 0.254 e. The normalized spacial score (nSPS) is 33.4. The van der Waals surface area contributed by atoms with Crippen LogP contribution in [0.2, 0.25) is 0 Å². The van der Waals surface area contributed by atoms with Gasteiger partial charge < -0.3 is 15.4 Å². The number of hydrogen-bond acceptors (Lipinski definition) is 3. The first-order valence-electron chi connectivity index (χ1n) is 8.19. The molecule has 1 unspecified atom stereocenters. The number of ether oxygens (including phenoxy) is 1. The van der Waals surface area contributed by atoms with Gasteiger partial charge in [-0.15, -0.1) is 0 Å². The third-order valence-corrected chi connectivity index (χ3v) is 4.57. The predicted octanol–water partition coefficient (Wildman–Crippen LogP) is 2.96. The lowest BCUT2D eigenvalue weighted by molar-refractivity contribution is -0.155. The molecule has 0 aromatic carbocycles. The van der Waals surface area contributed by atoms with E-state index in [4.69, 9.17) is 4.74 Å². The van der Waals surface area contributed by atoms with E-state index in [1.54, 1.807) is 0 Å². The number of amides is 1. The molecule has 0 radical (unpaired) electrons. The highest BCUT2D eigenvalue weighted by atomic mass is 16.6. The molecule has 2 heterocycles. The fourth-order valence-corrected chi connectivity index (χ4v) is 4.23. The van der Waals surface area contributed by atoms with Crippen molar-refractivity contribution in [3.05, 3.63) is 0 Å². The average Bonchev–Trinajstić information content (AvgIpc) is 2.42. The van der Waals surface area contributed by atoms with Gasteiger partial charge in [-0.2, -0.15) is 0 Å². The minimum absolute atomic E-state index is 0.0525. The first-order valence-corrected chi connectivity index (χ1v) is 8.19. The molecule has 2 fully saturated rings. The molecule has 21 heavy (non-hydrogen) atoms. The van der Waals surface area contributed by atoms with Crippen molar-refractivity contribution in [1.29, 1.82) is 0 Å². The van der Waals surface area contributed by atoms with Crippen molar-refractivity contribution in [2.24, 2.45) is 5.92 Å². The van der Waals surface area contributed by atoms with Gasteiger partial charge in [0.2, 0.25) is 0 Å². The molecule has 4 heteroatoms. The molecule has 1 spiro atoms. The van der Waals surface area contributed by atoms with E-state index in [-0.39, 0.29) is 17.0 Å². The molecule has 0 bridgehead atoms. The monoisotopic (exact) mass is 296 g/mol. The van der Waals surface area contributed by atoms with Crippen LogP contribution in [0.4, 0.5) is 0 Å². The highest BCUT2D eigenvalue weighted by molar-refractivity contribution is 5.87. The lowest BCUT2D eigenvalue weighted by Crippen LogP contribution is -2.66. The van der Waals surface area contributed by atoms with E-state index in [2.05, 4.69) is 52.2 Å². The van der Waals surface area contributed by atoms with Gasteiger partial charge in [-0.25, -0.2) is 0 Å². The van der Waals surface area contributed by atoms with E-state index in [1.165, 1.54) is 0 Å². The summed E-state index contributed by atoms with van der Waals surface area (Å²) in [5, 5.41) is 6.84. The molecule has 2 rings (SSSR count). The summed E-state index contributed by atoms with van der Waals surface area (Å²) in [5.41, 5.74) is -1.33. The van der Waals surface area contributed by atoms with Crippen LogP contribution in [0, 0.1) is 5.92 Å². The van der Waals surface area contributed by atoms with Gasteiger partial charge in [-0.3, -0.25) is 4.79 Å². The molecule has 2 aliphatic rings. The van der Waals surface area contributed by atoms with Gasteiger partial charge in [0.1, 0.15) is 11.3 Å². The van der Waals surface area contributed by atoms with E-state index in [9.17, 15) is 4.79 Å². The number of hydrogen-bond donors (Lipinski definition) is 2. The van der Waals surface area contributed by atoms with Gasteiger partial charge >= 0.3 is 0 Å². The fraction of sp³-hybridized carbons (Fsp3) is 0.941. The van der Waals surface area contributed by atoms with Crippen LogP contribution in [0.5, 0.6) is 0 Å². The zero-order valence-corrected chi connectivity index (χ0v) is 14.7. The first-order chi connectivity index (χ1) is 9.37. The summed E-state index contributed by atoms with van der Waals surface area (Å²) in [6.45, 7) is 15.0. The molecule has 0 saturated carbocycles. The van der Waals surface area contributed by atoms with Crippen molar-refractivity contribution in [3.8, 4) is 0 Å². The Bertz CT molecular complexity index is 413. The Hall–Kier alpha value is -0.610. The molecule has 0 aromatic heterocycles. The molecule has 1 amide bonds. The van der Waals surface area contributed by atoms with E-state index >= 15 is 0 Å². The minimum Gasteiger partial charge on any atom is -0.340 e. The van der Waals surface area contributed by atoms with Crippen LogP contribution < -0.4 is 10.6 Å². The SMILES string of the molecule is CC(C)CCC1(C)OC2(CC(C)(C)NC(C)(C)C2)NC1=O. The van der Waals surface area contributed by atoms with Crippen molar-refractivity contribution in [1.82, 2.24) is 10.6 Å². The smallest absolute Gasteiger partial charge is 0.254 e. The maximum absolute atomic E-state index is 12.5. The quantitative estimate of drug-likeness (QED) is 0.842. The third kappa shape index (κ3) is 3.59. The van der Waals surface area contributed by atoms with Crippen LogP contribution in [0.1, 0.15) is 74.1 Å². The van der Waals surface area contributed by atoms with E-state index in [0.717, 1.165) is 25.7 Å². The summed E-state index contributed by atoms with van der Waals surface area (Å²) < 4.78 is 6.41. The molecule has 2 N–H and O–H groups in total. The lowest BCUT2D eigenvalue weighted by Gasteiger charge is -2.51. The molecule has 1 atom stereocenters. The molecular formula is C17H32N2O2. The molecule has 0 aromatic rings. The lowest BCUT2D eigenvalue weighted by atomic mass is 9.77. The van der Waals surface area contributed by atoms with Crippen LogP contribution in [-0.4, -0.2) is 28.3 Å². The van der Waals surface area contributed by atoms with Crippen LogP contribution in [-0.2, 0) is 9.53 Å². The van der Waals surface area contributed by atoms with E-state index < -0.39 is 11.3 Å². The number of rotatable bonds is 3. The topological polar surface area (TPSA) is 50.4 Å². The Morgan fingerprint density at radius 1 is 1.10 bits per heavy atom. The summed E-state index contributed by atoms with van der Waals surface area (Å²) >= 11 is 0. The van der Waals surface area contributed by atoms with Crippen LogP contribution in [0.15, 0.2) is 0 Å². The Labute approximate surface area is 129 Å². The van der Waals surface area contributed by atoms with Gasteiger partial charge in [-0.05, 0) is 53.4 Å². The molecule has 2 saturated heterocycles. The molecule has 122 valence electrons. The van der Waals surface area contributed by atoms with Gasteiger partial charge in [0.15, 0.2) is 0 Å². The Morgan fingerprint density at radius 2 is 1.62 bits per heavy atom. The fourth-order valence-electron chi connectivity index (χ4n) is 4.23. The molecule has 0 aliphatic carbocycles.